The van der Waals surface area contributed by atoms with Crippen LogP contribution < -0.4 is 0 Å². The van der Waals surface area contributed by atoms with Gasteiger partial charge >= 0.3 is 0 Å². The number of rotatable bonds is 7. The van der Waals surface area contributed by atoms with Crippen molar-refractivity contribution in [2.45, 2.75) is 43.9 Å². The Morgan fingerprint density at radius 1 is 1.12 bits per heavy atom. The topological polar surface area (TPSA) is 17.1 Å². The van der Waals surface area contributed by atoms with E-state index < -0.39 is 10.8 Å². The van der Waals surface area contributed by atoms with Crippen molar-refractivity contribution in [2.24, 2.45) is 0 Å². The minimum Gasteiger partial charge on any atom is -0.254 e. The van der Waals surface area contributed by atoms with Crippen LogP contribution in [0.5, 0.6) is 0 Å². The summed E-state index contributed by atoms with van der Waals surface area (Å²) in [6, 6.07) is 6.33. The van der Waals surface area contributed by atoms with Crippen LogP contribution in [0.1, 0.15) is 39.0 Å². The first-order valence-electron chi connectivity index (χ1n) is 5.88. The van der Waals surface area contributed by atoms with Crippen LogP contribution in [0, 0.1) is 5.82 Å². The molecule has 1 aromatic rings. The van der Waals surface area contributed by atoms with Gasteiger partial charge in [-0.3, -0.25) is 4.21 Å². The molecule has 0 aliphatic carbocycles. The molecule has 1 unspecified atom stereocenters. The first-order chi connectivity index (χ1) is 7.75. The van der Waals surface area contributed by atoms with Gasteiger partial charge in [0.25, 0.3) is 0 Å². The Balaban J connectivity index is 2.33. The van der Waals surface area contributed by atoms with Crippen LogP contribution in [0.4, 0.5) is 4.39 Å². The van der Waals surface area contributed by atoms with Crippen molar-refractivity contribution >= 4 is 10.8 Å². The number of hydrogen-bond acceptors (Lipinski definition) is 1. The normalized spacial score (nSPS) is 12.6. The van der Waals surface area contributed by atoms with Gasteiger partial charge in [0, 0.05) is 5.75 Å². The van der Waals surface area contributed by atoms with Crippen LogP contribution >= 0.6 is 0 Å². The molecule has 0 aliphatic heterocycles. The Morgan fingerprint density at radius 2 is 1.81 bits per heavy atom. The van der Waals surface area contributed by atoms with Gasteiger partial charge in [0.2, 0.25) is 0 Å². The molecule has 0 aromatic heterocycles. The summed E-state index contributed by atoms with van der Waals surface area (Å²) in [4.78, 5) is 0.345. The molecular formula is C13H19FOS. The second-order valence-electron chi connectivity index (χ2n) is 3.89. The summed E-state index contributed by atoms with van der Waals surface area (Å²) >= 11 is 0. The van der Waals surface area contributed by atoms with Crippen molar-refractivity contribution in [1.29, 1.82) is 0 Å². The van der Waals surface area contributed by atoms with Gasteiger partial charge in [-0.2, -0.15) is 0 Å². The number of halogens is 1. The molecule has 0 radical (unpaired) electrons. The highest BCUT2D eigenvalue weighted by Gasteiger charge is 2.08. The first-order valence-corrected chi connectivity index (χ1v) is 7.20. The van der Waals surface area contributed by atoms with Crippen LogP contribution in [0.25, 0.3) is 0 Å². The third kappa shape index (κ3) is 4.44. The third-order valence-electron chi connectivity index (χ3n) is 2.52. The van der Waals surface area contributed by atoms with Crippen LogP contribution in [-0.4, -0.2) is 9.96 Å². The smallest absolute Gasteiger partial charge is 0.139 e. The van der Waals surface area contributed by atoms with Crippen LogP contribution in [0.3, 0.4) is 0 Å². The zero-order valence-corrected chi connectivity index (χ0v) is 10.6. The van der Waals surface area contributed by atoms with E-state index in [9.17, 15) is 8.60 Å². The fourth-order valence-electron chi connectivity index (χ4n) is 1.58. The largest absolute Gasteiger partial charge is 0.254 e. The van der Waals surface area contributed by atoms with Crippen molar-refractivity contribution in [3.63, 3.8) is 0 Å². The molecule has 0 N–H and O–H groups in total. The van der Waals surface area contributed by atoms with Crippen molar-refractivity contribution in [3.8, 4) is 0 Å². The first kappa shape index (κ1) is 13.4. The molecule has 0 spiro atoms. The lowest BCUT2D eigenvalue weighted by molar-refractivity contribution is 0.594. The Morgan fingerprint density at radius 3 is 2.50 bits per heavy atom. The average Bonchev–Trinajstić information content (AvgIpc) is 2.29. The van der Waals surface area contributed by atoms with Gasteiger partial charge in [-0.1, -0.05) is 44.7 Å². The van der Waals surface area contributed by atoms with E-state index in [0.717, 1.165) is 12.8 Å². The second kappa shape index (κ2) is 7.55. The van der Waals surface area contributed by atoms with Crippen LogP contribution in [0.15, 0.2) is 29.2 Å². The van der Waals surface area contributed by atoms with Gasteiger partial charge in [-0.15, -0.1) is 0 Å². The summed E-state index contributed by atoms with van der Waals surface area (Å²) in [5.74, 6) is 0.222. The molecule has 90 valence electrons. The van der Waals surface area contributed by atoms with Crippen LogP contribution in [-0.2, 0) is 10.8 Å². The minimum absolute atomic E-state index is 0.345. The lowest BCUT2D eigenvalue weighted by Crippen LogP contribution is -2.00. The highest BCUT2D eigenvalue weighted by molar-refractivity contribution is 7.85. The summed E-state index contributed by atoms with van der Waals surface area (Å²) < 4.78 is 25.0. The quantitative estimate of drug-likeness (QED) is 0.663. The summed E-state index contributed by atoms with van der Waals surface area (Å²) in [7, 11) is -1.18. The number of hydrogen-bond donors (Lipinski definition) is 0. The third-order valence-corrected chi connectivity index (χ3v) is 4.00. The zero-order chi connectivity index (χ0) is 11.8. The fourth-order valence-corrected chi connectivity index (χ4v) is 2.78. The van der Waals surface area contributed by atoms with Gasteiger partial charge in [0.15, 0.2) is 0 Å². The second-order valence-corrected chi connectivity index (χ2v) is 5.43. The summed E-state index contributed by atoms with van der Waals surface area (Å²) in [6.45, 7) is 2.16. The zero-order valence-electron chi connectivity index (χ0n) is 9.75. The molecule has 0 bridgehead atoms. The monoisotopic (exact) mass is 242 g/mol. The van der Waals surface area contributed by atoms with E-state index in [1.54, 1.807) is 18.2 Å². The van der Waals surface area contributed by atoms with Gasteiger partial charge in [-0.05, 0) is 18.6 Å². The lowest BCUT2D eigenvalue weighted by Gasteiger charge is -2.03. The van der Waals surface area contributed by atoms with E-state index in [4.69, 9.17) is 0 Å². The number of unbranched alkanes of at least 4 members (excludes halogenated alkanes) is 4. The van der Waals surface area contributed by atoms with E-state index in [-0.39, 0.29) is 5.82 Å². The molecule has 0 fully saturated rings. The minimum atomic E-state index is -1.18. The van der Waals surface area contributed by atoms with E-state index in [0.29, 0.717) is 10.6 Å². The lowest BCUT2D eigenvalue weighted by atomic mass is 10.2. The maximum absolute atomic E-state index is 13.3. The van der Waals surface area contributed by atoms with E-state index in [1.165, 1.54) is 25.3 Å². The van der Waals surface area contributed by atoms with Gasteiger partial charge in [0.1, 0.15) is 5.82 Å². The van der Waals surface area contributed by atoms with Crippen molar-refractivity contribution in [3.05, 3.63) is 30.1 Å². The van der Waals surface area contributed by atoms with Gasteiger partial charge in [-0.25, -0.2) is 4.39 Å². The van der Waals surface area contributed by atoms with Crippen molar-refractivity contribution < 1.29 is 8.60 Å². The highest BCUT2D eigenvalue weighted by atomic mass is 32.2. The predicted octanol–water partition coefficient (Wildman–Crippen LogP) is 3.90. The molecular weight excluding hydrogens is 223 g/mol. The Bertz CT molecular complexity index is 338. The highest BCUT2D eigenvalue weighted by Crippen LogP contribution is 2.13. The molecule has 1 nitrogen and oxygen atoms in total. The molecule has 3 heteroatoms. The summed E-state index contributed by atoms with van der Waals surface area (Å²) in [6.07, 6.45) is 5.63. The standard InChI is InChI=1S/C13H19FOS/c1-2-3-4-5-8-11-16(15)13-10-7-6-9-12(13)14/h6-7,9-10H,2-5,8,11H2,1H3. The molecule has 16 heavy (non-hydrogen) atoms. The average molecular weight is 242 g/mol. The Hall–Kier alpha value is -0.700. The van der Waals surface area contributed by atoms with E-state index in [1.807, 2.05) is 0 Å². The Labute approximate surface area is 99.5 Å². The number of benzene rings is 1. The maximum Gasteiger partial charge on any atom is 0.139 e. The van der Waals surface area contributed by atoms with E-state index in [2.05, 4.69) is 6.92 Å². The molecule has 0 aliphatic rings. The SMILES string of the molecule is CCCCCCCS(=O)c1ccccc1F. The molecule has 1 rings (SSSR count). The van der Waals surface area contributed by atoms with Crippen LogP contribution in [0.2, 0.25) is 0 Å². The van der Waals surface area contributed by atoms with Crippen molar-refractivity contribution in [1.82, 2.24) is 0 Å². The molecule has 0 amide bonds. The fraction of sp³-hybridized carbons (Fsp3) is 0.538. The molecule has 1 atom stereocenters. The Kier molecular flexibility index (Phi) is 6.31. The van der Waals surface area contributed by atoms with Gasteiger partial charge < -0.3 is 0 Å². The van der Waals surface area contributed by atoms with Crippen molar-refractivity contribution in [2.75, 3.05) is 5.75 Å². The predicted molar refractivity (Wildman–Crippen MR) is 66.4 cm³/mol. The summed E-state index contributed by atoms with van der Waals surface area (Å²) in [5.41, 5.74) is 0. The van der Waals surface area contributed by atoms with Gasteiger partial charge in [0.05, 0.1) is 15.7 Å². The summed E-state index contributed by atoms with van der Waals surface area (Å²) in [5, 5.41) is 0. The molecule has 1 aromatic carbocycles. The van der Waals surface area contributed by atoms with E-state index >= 15 is 0 Å². The molecule has 0 saturated carbocycles. The molecule has 0 saturated heterocycles. The maximum atomic E-state index is 13.3. The molecule has 0 heterocycles.